The van der Waals surface area contributed by atoms with E-state index in [0.717, 1.165) is 39.0 Å². The van der Waals surface area contributed by atoms with Crippen molar-refractivity contribution >= 4 is 5.97 Å². The summed E-state index contributed by atoms with van der Waals surface area (Å²) in [5.41, 5.74) is -0.785. The highest BCUT2D eigenvalue weighted by Crippen LogP contribution is 2.17. The molecule has 1 fully saturated rings. The molecule has 1 aliphatic heterocycles. The highest BCUT2D eigenvalue weighted by Gasteiger charge is 2.32. The lowest BCUT2D eigenvalue weighted by Crippen LogP contribution is -2.50. The van der Waals surface area contributed by atoms with Gasteiger partial charge in [0, 0.05) is 12.6 Å². The van der Waals surface area contributed by atoms with Crippen molar-refractivity contribution in [2.75, 3.05) is 40.3 Å². The molecule has 0 bridgehead atoms. The number of hydrogen-bond acceptors (Lipinski definition) is 4. The summed E-state index contributed by atoms with van der Waals surface area (Å²) >= 11 is 0. The lowest BCUT2D eigenvalue weighted by molar-refractivity contribution is -0.144. The Bertz CT molecular complexity index is 323. The summed E-state index contributed by atoms with van der Waals surface area (Å²) in [5, 5.41) is 12.6. The Labute approximate surface area is 129 Å². The molecule has 5 nitrogen and oxygen atoms in total. The molecule has 0 aromatic rings. The van der Waals surface area contributed by atoms with Gasteiger partial charge in [-0.05, 0) is 72.8 Å². The first kappa shape index (κ1) is 18.4. The van der Waals surface area contributed by atoms with E-state index in [1.54, 1.807) is 0 Å². The molecule has 1 rings (SSSR count). The van der Waals surface area contributed by atoms with Crippen molar-refractivity contribution in [3.63, 3.8) is 0 Å². The van der Waals surface area contributed by atoms with Crippen LogP contribution in [0.15, 0.2) is 0 Å². The second-order valence-corrected chi connectivity index (χ2v) is 6.73. The van der Waals surface area contributed by atoms with Gasteiger partial charge < -0.3 is 20.2 Å². The smallest absolute Gasteiger partial charge is 0.323 e. The normalized spacial score (nSPS) is 23.2. The predicted octanol–water partition coefficient (Wildman–Crippen LogP) is 1.64. The van der Waals surface area contributed by atoms with Crippen molar-refractivity contribution in [2.24, 2.45) is 0 Å². The summed E-state index contributed by atoms with van der Waals surface area (Å²) in [7, 11) is 4.29. The number of nitrogens with zero attached hydrogens (tertiary/aromatic N) is 2. The number of aliphatic carboxylic acids is 1. The topological polar surface area (TPSA) is 55.8 Å². The number of nitrogens with one attached hydrogen (secondary N) is 1. The maximum absolute atomic E-state index is 11.5. The van der Waals surface area contributed by atoms with Gasteiger partial charge in [0.2, 0.25) is 0 Å². The molecule has 21 heavy (non-hydrogen) atoms. The van der Waals surface area contributed by atoms with Crippen LogP contribution >= 0.6 is 0 Å². The number of likely N-dealkylation sites (N-methyl/N-ethyl adjacent to an activating group) is 1. The standard InChI is InChI=1S/C16H33N3O2/c1-5-10-17-16(2,15(20)21)9-7-12-19-11-6-8-14(13-19)18(3)4/h14,17H,5-13H2,1-4H3,(H,20,21). The average molecular weight is 299 g/mol. The molecule has 0 aromatic carbocycles. The molecule has 124 valence electrons. The van der Waals surface area contributed by atoms with E-state index in [-0.39, 0.29) is 0 Å². The zero-order chi connectivity index (χ0) is 15.9. The first-order chi connectivity index (χ1) is 9.89. The number of carboxylic acid groups (broad SMARTS) is 1. The summed E-state index contributed by atoms with van der Waals surface area (Å²) < 4.78 is 0. The van der Waals surface area contributed by atoms with Crippen LogP contribution in [0, 0.1) is 0 Å². The van der Waals surface area contributed by atoms with Crippen LogP contribution in [0.5, 0.6) is 0 Å². The van der Waals surface area contributed by atoms with E-state index in [1.165, 1.54) is 12.8 Å². The minimum atomic E-state index is -0.785. The largest absolute Gasteiger partial charge is 0.480 e. The van der Waals surface area contributed by atoms with Crippen LogP contribution in [0.25, 0.3) is 0 Å². The number of hydrogen-bond donors (Lipinski definition) is 2. The fourth-order valence-electron chi connectivity index (χ4n) is 2.98. The number of rotatable bonds is 9. The van der Waals surface area contributed by atoms with Crippen LogP contribution in [0.4, 0.5) is 0 Å². The SMILES string of the molecule is CCCNC(C)(CCCN1CCCC(N(C)C)C1)C(=O)O. The molecular formula is C16H33N3O2. The zero-order valence-corrected chi connectivity index (χ0v) is 14.2. The molecule has 0 aliphatic carbocycles. The molecule has 1 saturated heterocycles. The molecule has 2 atom stereocenters. The summed E-state index contributed by atoms with van der Waals surface area (Å²) in [6.07, 6.45) is 5.09. The van der Waals surface area contributed by atoms with Crippen LogP contribution < -0.4 is 5.32 Å². The Kier molecular flexibility index (Phi) is 7.63. The van der Waals surface area contributed by atoms with Crippen molar-refractivity contribution in [2.45, 2.75) is 57.5 Å². The fourth-order valence-corrected chi connectivity index (χ4v) is 2.98. The van der Waals surface area contributed by atoms with E-state index >= 15 is 0 Å². The second kappa shape index (κ2) is 8.71. The van der Waals surface area contributed by atoms with Crippen LogP contribution in [-0.2, 0) is 4.79 Å². The number of likely N-dealkylation sites (tertiary alicyclic amines) is 1. The summed E-state index contributed by atoms with van der Waals surface area (Å²) in [6, 6.07) is 0.642. The van der Waals surface area contributed by atoms with Crippen molar-refractivity contribution in [1.29, 1.82) is 0 Å². The zero-order valence-electron chi connectivity index (χ0n) is 14.2. The molecule has 0 amide bonds. The molecule has 1 aliphatic rings. The lowest BCUT2D eigenvalue weighted by atomic mass is 9.95. The van der Waals surface area contributed by atoms with Gasteiger partial charge in [0.25, 0.3) is 0 Å². The van der Waals surface area contributed by atoms with Crippen LogP contribution in [0.3, 0.4) is 0 Å². The van der Waals surface area contributed by atoms with Gasteiger partial charge in [-0.15, -0.1) is 0 Å². The third-order valence-corrected chi connectivity index (χ3v) is 4.60. The van der Waals surface area contributed by atoms with E-state index < -0.39 is 11.5 Å². The minimum absolute atomic E-state index is 0.642. The highest BCUT2D eigenvalue weighted by molar-refractivity contribution is 5.78. The molecule has 2 unspecified atom stereocenters. The summed E-state index contributed by atoms with van der Waals surface area (Å²) in [4.78, 5) is 16.3. The van der Waals surface area contributed by atoms with Crippen molar-refractivity contribution in [1.82, 2.24) is 15.1 Å². The van der Waals surface area contributed by atoms with Gasteiger partial charge >= 0.3 is 5.97 Å². The van der Waals surface area contributed by atoms with E-state index in [2.05, 4.69) is 36.1 Å². The van der Waals surface area contributed by atoms with Crippen molar-refractivity contribution in [3.05, 3.63) is 0 Å². The maximum Gasteiger partial charge on any atom is 0.323 e. The Morgan fingerprint density at radius 1 is 1.48 bits per heavy atom. The Balaban J connectivity index is 2.38. The van der Waals surface area contributed by atoms with Gasteiger partial charge in [-0.25, -0.2) is 0 Å². The number of piperidine rings is 1. The molecule has 0 saturated carbocycles. The third-order valence-electron chi connectivity index (χ3n) is 4.60. The highest BCUT2D eigenvalue weighted by atomic mass is 16.4. The lowest BCUT2D eigenvalue weighted by Gasteiger charge is -2.36. The van der Waals surface area contributed by atoms with E-state index in [1.807, 2.05) is 6.92 Å². The van der Waals surface area contributed by atoms with Crippen LogP contribution in [-0.4, -0.2) is 72.7 Å². The van der Waals surface area contributed by atoms with E-state index in [9.17, 15) is 9.90 Å². The molecule has 0 aromatic heterocycles. The quantitative estimate of drug-likeness (QED) is 0.678. The van der Waals surface area contributed by atoms with Crippen molar-refractivity contribution in [3.8, 4) is 0 Å². The van der Waals surface area contributed by atoms with Crippen LogP contribution in [0.1, 0.15) is 46.0 Å². The molecular weight excluding hydrogens is 266 g/mol. The third kappa shape index (κ3) is 5.93. The monoisotopic (exact) mass is 299 g/mol. The maximum atomic E-state index is 11.5. The van der Waals surface area contributed by atoms with Gasteiger partial charge in [-0.3, -0.25) is 4.79 Å². The minimum Gasteiger partial charge on any atom is -0.480 e. The second-order valence-electron chi connectivity index (χ2n) is 6.73. The molecule has 2 N–H and O–H groups in total. The van der Waals surface area contributed by atoms with Gasteiger partial charge in [-0.2, -0.15) is 0 Å². The molecule has 1 heterocycles. The predicted molar refractivity (Wildman–Crippen MR) is 86.7 cm³/mol. The number of carboxylic acids is 1. The first-order valence-corrected chi connectivity index (χ1v) is 8.26. The van der Waals surface area contributed by atoms with E-state index in [4.69, 9.17) is 0 Å². The number of carbonyl (C=O) groups is 1. The summed E-state index contributed by atoms with van der Waals surface area (Å²) in [5.74, 6) is -0.735. The molecule has 0 spiro atoms. The fraction of sp³-hybridized carbons (Fsp3) is 0.938. The summed E-state index contributed by atoms with van der Waals surface area (Å²) in [6.45, 7) is 7.89. The van der Waals surface area contributed by atoms with Crippen molar-refractivity contribution < 1.29 is 9.90 Å². The van der Waals surface area contributed by atoms with Gasteiger partial charge in [0.1, 0.15) is 5.54 Å². The van der Waals surface area contributed by atoms with Gasteiger partial charge in [-0.1, -0.05) is 6.92 Å². The Morgan fingerprint density at radius 3 is 2.76 bits per heavy atom. The Morgan fingerprint density at radius 2 is 2.19 bits per heavy atom. The van der Waals surface area contributed by atoms with E-state index in [0.29, 0.717) is 12.5 Å². The average Bonchev–Trinajstić information content (AvgIpc) is 2.45. The molecule has 0 radical (unpaired) electrons. The molecule has 5 heteroatoms. The van der Waals surface area contributed by atoms with Crippen LogP contribution in [0.2, 0.25) is 0 Å². The first-order valence-electron chi connectivity index (χ1n) is 8.26. The Hall–Kier alpha value is -0.650. The van der Waals surface area contributed by atoms with Gasteiger partial charge in [0.15, 0.2) is 0 Å². The van der Waals surface area contributed by atoms with Gasteiger partial charge in [0.05, 0.1) is 0 Å².